The maximum absolute atomic E-state index is 11.2. The fraction of sp³-hybridized carbons (Fsp3) is 0.0909. The Morgan fingerprint density at radius 3 is 2.86 bits per heavy atom. The highest BCUT2D eigenvalue weighted by Crippen LogP contribution is 2.25. The summed E-state index contributed by atoms with van der Waals surface area (Å²) in [7, 11) is 0. The first-order valence-corrected chi connectivity index (χ1v) is 4.28. The number of carbonyl (C=O) groups is 1. The van der Waals surface area contributed by atoms with Gasteiger partial charge in [0.05, 0.1) is 5.52 Å². The molecule has 0 spiro atoms. The summed E-state index contributed by atoms with van der Waals surface area (Å²) in [6.45, 7) is 1.49. The van der Waals surface area contributed by atoms with E-state index >= 15 is 0 Å². The Bertz CT molecular complexity index is 506. The van der Waals surface area contributed by atoms with Crippen molar-refractivity contribution in [2.45, 2.75) is 6.92 Å². The number of nitrogens with zero attached hydrogens (tertiary/aromatic N) is 1. The molecule has 1 aromatic carbocycles. The van der Waals surface area contributed by atoms with Crippen molar-refractivity contribution in [3.05, 3.63) is 36.0 Å². The quantitative estimate of drug-likeness (QED) is 0.696. The van der Waals surface area contributed by atoms with Crippen LogP contribution in [-0.4, -0.2) is 15.9 Å². The number of hydrogen-bond acceptors (Lipinski definition) is 3. The Labute approximate surface area is 81.0 Å². The zero-order valence-electron chi connectivity index (χ0n) is 7.69. The van der Waals surface area contributed by atoms with Gasteiger partial charge in [0.2, 0.25) is 0 Å². The Kier molecular flexibility index (Phi) is 1.93. The van der Waals surface area contributed by atoms with Gasteiger partial charge < -0.3 is 5.11 Å². The van der Waals surface area contributed by atoms with Gasteiger partial charge in [0.1, 0.15) is 5.75 Å². The average molecular weight is 187 g/mol. The van der Waals surface area contributed by atoms with Crippen LogP contribution in [0.5, 0.6) is 5.75 Å². The minimum absolute atomic E-state index is 0.0475. The first kappa shape index (κ1) is 8.69. The molecule has 1 aromatic heterocycles. The van der Waals surface area contributed by atoms with Crippen molar-refractivity contribution < 1.29 is 9.90 Å². The molecule has 70 valence electrons. The van der Waals surface area contributed by atoms with Gasteiger partial charge in [-0.15, -0.1) is 0 Å². The van der Waals surface area contributed by atoms with Crippen molar-refractivity contribution in [3.8, 4) is 5.75 Å². The van der Waals surface area contributed by atoms with E-state index in [4.69, 9.17) is 0 Å². The van der Waals surface area contributed by atoms with Gasteiger partial charge in [-0.05, 0) is 31.2 Å². The lowest BCUT2D eigenvalue weighted by molar-refractivity contribution is 0.101. The Hall–Kier alpha value is -1.90. The van der Waals surface area contributed by atoms with E-state index in [1.807, 2.05) is 0 Å². The Morgan fingerprint density at radius 1 is 1.36 bits per heavy atom. The maximum Gasteiger partial charge on any atom is 0.161 e. The van der Waals surface area contributed by atoms with Gasteiger partial charge in [-0.1, -0.05) is 0 Å². The van der Waals surface area contributed by atoms with E-state index in [2.05, 4.69) is 4.98 Å². The third kappa shape index (κ3) is 1.23. The number of fused-ring (bicyclic) bond motifs is 1. The zero-order valence-corrected chi connectivity index (χ0v) is 7.69. The molecule has 0 saturated carbocycles. The summed E-state index contributed by atoms with van der Waals surface area (Å²) in [5, 5.41) is 10.1. The van der Waals surface area contributed by atoms with Crippen LogP contribution in [0.1, 0.15) is 17.3 Å². The van der Waals surface area contributed by atoms with Crippen LogP contribution in [0.2, 0.25) is 0 Å². The van der Waals surface area contributed by atoms with Gasteiger partial charge in [0.25, 0.3) is 0 Å². The number of aromatic hydroxyl groups is 1. The molecule has 0 saturated heterocycles. The van der Waals surface area contributed by atoms with Gasteiger partial charge >= 0.3 is 0 Å². The highest BCUT2D eigenvalue weighted by atomic mass is 16.3. The number of pyridine rings is 1. The summed E-state index contributed by atoms with van der Waals surface area (Å²) in [4.78, 5) is 15.3. The van der Waals surface area contributed by atoms with E-state index in [1.54, 1.807) is 24.4 Å². The van der Waals surface area contributed by atoms with Crippen LogP contribution >= 0.6 is 0 Å². The molecule has 0 unspecified atom stereocenters. The highest BCUT2D eigenvalue weighted by Gasteiger charge is 2.08. The number of phenols is 1. The van der Waals surface area contributed by atoms with Crippen molar-refractivity contribution in [2.75, 3.05) is 0 Å². The molecule has 0 aliphatic heterocycles. The standard InChI is InChI=1S/C11H9NO2/c1-7(13)8-4-5-10(14)9-3-2-6-12-11(8)9/h2-6,14H,1H3. The number of benzene rings is 1. The monoisotopic (exact) mass is 187 g/mol. The molecule has 0 amide bonds. The molecule has 3 nitrogen and oxygen atoms in total. The zero-order chi connectivity index (χ0) is 10.1. The lowest BCUT2D eigenvalue weighted by atomic mass is 10.1. The lowest BCUT2D eigenvalue weighted by Gasteiger charge is -2.03. The van der Waals surface area contributed by atoms with Crippen LogP contribution in [0.3, 0.4) is 0 Å². The Balaban J connectivity index is 2.88. The molecule has 0 fully saturated rings. The highest BCUT2D eigenvalue weighted by molar-refractivity contribution is 6.06. The van der Waals surface area contributed by atoms with E-state index in [1.165, 1.54) is 13.0 Å². The van der Waals surface area contributed by atoms with Gasteiger partial charge in [0.15, 0.2) is 5.78 Å². The van der Waals surface area contributed by atoms with Gasteiger partial charge in [-0.3, -0.25) is 9.78 Å². The summed E-state index contributed by atoms with van der Waals surface area (Å²) in [5.74, 6) is 0.104. The molecule has 0 aliphatic rings. The summed E-state index contributed by atoms with van der Waals surface area (Å²) in [5.41, 5.74) is 1.10. The van der Waals surface area contributed by atoms with Crippen LogP contribution in [0, 0.1) is 0 Å². The SMILES string of the molecule is CC(=O)c1ccc(O)c2cccnc12. The van der Waals surface area contributed by atoms with Crippen molar-refractivity contribution in [2.24, 2.45) is 0 Å². The molecule has 1 heterocycles. The summed E-state index contributed by atoms with van der Waals surface area (Å²) in [6, 6.07) is 6.57. The molecule has 3 heteroatoms. The van der Waals surface area contributed by atoms with E-state index in [9.17, 15) is 9.90 Å². The number of rotatable bonds is 1. The largest absolute Gasteiger partial charge is 0.507 e. The number of ketones is 1. The maximum atomic E-state index is 11.2. The minimum Gasteiger partial charge on any atom is -0.507 e. The molecular weight excluding hydrogens is 178 g/mol. The van der Waals surface area contributed by atoms with Crippen molar-refractivity contribution in [1.82, 2.24) is 4.98 Å². The number of carbonyl (C=O) groups excluding carboxylic acids is 1. The van der Waals surface area contributed by atoms with Gasteiger partial charge in [-0.25, -0.2) is 0 Å². The predicted octanol–water partition coefficient (Wildman–Crippen LogP) is 2.14. The molecule has 0 bridgehead atoms. The normalized spacial score (nSPS) is 10.4. The number of phenolic OH excluding ortho intramolecular Hbond substituents is 1. The number of aromatic nitrogens is 1. The first-order valence-electron chi connectivity index (χ1n) is 4.28. The molecule has 0 aliphatic carbocycles. The number of hydrogen-bond donors (Lipinski definition) is 1. The van der Waals surface area contributed by atoms with E-state index in [0.29, 0.717) is 16.5 Å². The fourth-order valence-electron chi connectivity index (χ4n) is 1.44. The molecule has 2 rings (SSSR count). The van der Waals surface area contributed by atoms with E-state index in [-0.39, 0.29) is 11.5 Å². The topological polar surface area (TPSA) is 50.2 Å². The molecular formula is C11H9NO2. The average Bonchev–Trinajstić information content (AvgIpc) is 2.18. The summed E-state index contributed by atoms with van der Waals surface area (Å²) < 4.78 is 0. The van der Waals surface area contributed by atoms with Crippen molar-refractivity contribution in [3.63, 3.8) is 0 Å². The number of Topliss-reactive ketones (excluding diaryl/α,β-unsaturated/α-hetero) is 1. The van der Waals surface area contributed by atoms with Crippen LogP contribution in [0.25, 0.3) is 10.9 Å². The third-order valence-electron chi connectivity index (χ3n) is 2.13. The van der Waals surface area contributed by atoms with Crippen molar-refractivity contribution >= 4 is 16.7 Å². The molecule has 1 N–H and O–H groups in total. The second-order valence-electron chi connectivity index (χ2n) is 3.09. The van der Waals surface area contributed by atoms with E-state index in [0.717, 1.165) is 0 Å². The van der Waals surface area contributed by atoms with E-state index < -0.39 is 0 Å². The van der Waals surface area contributed by atoms with Gasteiger partial charge in [-0.2, -0.15) is 0 Å². The van der Waals surface area contributed by atoms with Crippen LogP contribution in [0.4, 0.5) is 0 Å². The minimum atomic E-state index is -0.0475. The third-order valence-corrected chi connectivity index (χ3v) is 2.13. The molecule has 14 heavy (non-hydrogen) atoms. The lowest BCUT2D eigenvalue weighted by Crippen LogP contribution is -1.94. The fourth-order valence-corrected chi connectivity index (χ4v) is 1.44. The molecule has 0 atom stereocenters. The molecule has 2 aromatic rings. The predicted molar refractivity (Wildman–Crippen MR) is 53.4 cm³/mol. The van der Waals surface area contributed by atoms with Crippen LogP contribution in [-0.2, 0) is 0 Å². The van der Waals surface area contributed by atoms with Crippen LogP contribution in [0.15, 0.2) is 30.5 Å². The summed E-state index contributed by atoms with van der Waals surface area (Å²) in [6.07, 6.45) is 1.61. The smallest absolute Gasteiger partial charge is 0.161 e. The summed E-state index contributed by atoms with van der Waals surface area (Å²) >= 11 is 0. The van der Waals surface area contributed by atoms with Crippen LogP contribution < -0.4 is 0 Å². The first-order chi connectivity index (χ1) is 6.70. The van der Waals surface area contributed by atoms with Gasteiger partial charge in [0, 0.05) is 17.1 Å². The second kappa shape index (κ2) is 3.10. The second-order valence-corrected chi connectivity index (χ2v) is 3.09. The van der Waals surface area contributed by atoms with Crippen molar-refractivity contribution in [1.29, 1.82) is 0 Å². The molecule has 0 radical (unpaired) electrons. The Morgan fingerprint density at radius 2 is 2.14 bits per heavy atom.